The summed E-state index contributed by atoms with van der Waals surface area (Å²) in [6.45, 7) is 21.8. The van der Waals surface area contributed by atoms with Crippen molar-refractivity contribution in [3.05, 3.63) is 0 Å². The van der Waals surface area contributed by atoms with Gasteiger partial charge in [-0.25, -0.2) is 0 Å². The summed E-state index contributed by atoms with van der Waals surface area (Å²) in [4.78, 5) is 0. The lowest BCUT2D eigenvalue weighted by atomic mass is 10.4. The van der Waals surface area contributed by atoms with Crippen molar-refractivity contribution in [3.8, 4) is 0 Å². The highest BCUT2D eigenvalue weighted by atomic mass is 28.5. The van der Waals surface area contributed by atoms with Crippen LogP contribution in [-0.2, 0) is 25.0 Å². The van der Waals surface area contributed by atoms with E-state index in [1.165, 1.54) is 18.9 Å². The molecule has 0 aromatic rings. The highest BCUT2D eigenvalue weighted by Crippen LogP contribution is 2.30. The molecule has 0 amide bonds. The molecular formula is C14H38O6Si6. The molecule has 154 valence electrons. The number of hydrogen-bond donors (Lipinski definition) is 0. The van der Waals surface area contributed by atoms with Crippen molar-refractivity contribution < 1.29 is 25.0 Å². The Kier molecular flexibility index (Phi) is 8.93. The summed E-state index contributed by atoms with van der Waals surface area (Å²) in [7, 11) is -10.5. The van der Waals surface area contributed by atoms with Crippen molar-refractivity contribution in [3.63, 3.8) is 0 Å². The van der Waals surface area contributed by atoms with Gasteiger partial charge < -0.3 is 25.0 Å². The molecule has 0 aromatic carbocycles. The Morgan fingerprint density at radius 1 is 0.500 bits per heavy atom. The maximum absolute atomic E-state index is 6.30. The first-order valence-corrected chi connectivity index (χ1v) is 24.6. The van der Waals surface area contributed by atoms with Gasteiger partial charge in [0.05, 0.1) is 0 Å². The van der Waals surface area contributed by atoms with Crippen LogP contribution in [0.3, 0.4) is 0 Å². The van der Waals surface area contributed by atoms with Crippen LogP contribution < -0.4 is 0 Å². The summed E-state index contributed by atoms with van der Waals surface area (Å²) in [5.41, 5.74) is 0. The smallest absolute Gasteiger partial charge is 0.314 e. The zero-order valence-electron chi connectivity index (χ0n) is 18.3. The average molecular weight is 471 g/mol. The zero-order chi connectivity index (χ0) is 20.3. The Bertz CT molecular complexity index is 340. The van der Waals surface area contributed by atoms with E-state index in [9.17, 15) is 0 Å². The molecule has 0 aromatic heterocycles. The van der Waals surface area contributed by atoms with E-state index >= 15 is 0 Å². The molecule has 2 fully saturated rings. The molecule has 0 atom stereocenters. The SMILES string of the molecule is C1CC[Si]OC1.C[Si]1(C)O[Si](C)(C)O[Si](C)(C)O[Si](C)(C)O[Si](C)(C)O1. The molecule has 2 heterocycles. The minimum absolute atomic E-state index is 0.802. The third kappa shape index (κ3) is 10.6. The van der Waals surface area contributed by atoms with Crippen LogP contribution in [0.4, 0.5) is 0 Å². The average Bonchev–Trinajstić information content (AvgIpc) is 2.32. The first kappa shape index (κ1) is 25.1. The van der Waals surface area contributed by atoms with E-state index in [0.29, 0.717) is 0 Å². The van der Waals surface area contributed by atoms with Crippen LogP contribution in [0.15, 0.2) is 0 Å². The quantitative estimate of drug-likeness (QED) is 0.488. The van der Waals surface area contributed by atoms with Gasteiger partial charge in [0.2, 0.25) is 9.76 Å². The summed E-state index contributed by atoms with van der Waals surface area (Å²) >= 11 is 0. The first-order valence-electron chi connectivity index (χ1n) is 9.39. The van der Waals surface area contributed by atoms with Gasteiger partial charge in [-0.2, -0.15) is 0 Å². The van der Waals surface area contributed by atoms with Crippen LogP contribution in [-0.4, -0.2) is 59.2 Å². The molecule has 0 unspecified atom stereocenters. The van der Waals surface area contributed by atoms with E-state index in [-0.39, 0.29) is 0 Å². The lowest BCUT2D eigenvalue weighted by Gasteiger charge is -2.46. The maximum Gasteiger partial charge on any atom is 0.314 e. The predicted molar refractivity (Wildman–Crippen MR) is 119 cm³/mol. The number of rotatable bonds is 0. The van der Waals surface area contributed by atoms with Crippen LogP contribution in [0, 0.1) is 0 Å². The molecule has 0 bridgehead atoms. The van der Waals surface area contributed by atoms with E-state index in [2.05, 4.69) is 65.5 Å². The molecule has 0 aliphatic carbocycles. The monoisotopic (exact) mass is 470 g/mol. The molecule has 2 saturated heterocycles. The van der Waals surface area contributed by atoms with E-state index in [1.54, 1.807) is 0 Å². The van der Waals surface area contributed by atoms with Crippen LogP contribution in [0.1, 0.15) is 12.8 Å². The lowest BCUT2D eigenvalue weighted by Crippen LogP contribution is -2.64. The molecule has 2 aliphatic heterocycles. The van der Waals surface area contributed by atoms with Gasteiger partial charge in [-0.05, 0) is 77.9 Å². The van der Waals surface area contributed by atoms with E-state index in [0.717, 1.165) is 16.4 Å². The van der Waals surface area contributed by atoms with Crippen LogP contribution in [0.2, 0.25) is 71.5 Å². The lowest BCUT2D eigenvalue weighted by molar-refractivity contribution is 0.239. The van der Waals surface area contributed by atoms with Crippen molar-refractivity contribution in [1.29, 1.82) is 0 Å². The largest absolute Gasteiger partial charge is 0.417 e. The summed E-state index contributed by atoms with van der Waals surface area (Å²) in [5.74, 6) is 0. The van der Waals surface area contributed by atoms with Gasteiger partial charge in [-0.1, -0.05) is 6.42 Å². The molecule has 0 spiro atoms. The summed E-state index contributed by atoms with van der Waals surface area (Å²) in [6, 6.07) is 1.31. The van der Waals surface area contributed by atoms with Crippen molar-refractivity contribution in [2.24, 2.45) is 0 Å². The van der Waals surface area contributed by atoms with E-state index < -0.39 is 42.8 Å². The fraction of sp³-hybridized carbons (Fsp3) is 1.00. The Balaban J connectivity index is 0.000000472. The third-order valence-electron chi connectivity index (χ3n) is 3.34. The second-order valence-corrected chi connectivity index (χ2v) is 28.1. The van der Waals surface area contributed by atoms with Crippen molar-refractivity contribution in [2.45, 2.75) is 84.4 Å². The van der Waals surface area contributed by atoms with E-state index in [4.69, 9.17) is 25.0 Å². The molecule has 26 heavy (non-hydrogen) atoms. The Hall–Kier alpha value is 1.06. The molecule has 2 aliphatic rings. The number of hydrogen-bond acceptors (Lipinski definition) is 6. The minimum atomic E-state index is -2.26. The molecule has 0 N–H and O–H groups in total. The molecule has 2 radical (unpaired) electrons. The van der Waals surface area contributed by atoms with Gasteiger partial charge in [-0.3, -0.25) is 0 Å². The second kappa shape index (κ2) is 9.25. The highest BCUT2D eigenvalue weighted by molar-refractivity contribution is 6.92. The summed E-state index contributed by atoms with van der Waals surface area (Å²) < 4.78 is 36.6. The zero-order valence-corrected chi connectivity index (χ0v) is 24.3. The van der Waals surface area contributed by atoms with Crippen LogP contribution >= 0.6 is 0 Å². The fourth-order valence-corrected chi connectivity index (χ4v) is 30.8. The van der Waals surface area contributed by atoms with E-state index in [1.807, 2.05) is 0 Å². The van der Waals surface area contributed by atoms with Gasteiger partial charge in [0.25, 0.3) is 0 Å². The predicted octanol–water partition coefficient (Wildman–Crippen LogP) is 4.43. The normalized spacial score (nSPS) is 29.8. The van der Waals surface area contributed by atoms with Gasteiger partial charge in [0, 0.05) is 6.61 Å². The summed E-state index contributed by atoms with van der Waals surface area (Å²) in [5, 5.41) is 0. The molecule has 2 rings (SSSR count). The minimum Gasteiger partial charge on any atom is -0.417 e. The third-order valence-corrected chi connectivity index (χ3v) is 24.0. The molecule has 0 saturated carbocycles. The molecule has 12 heteroatoms. The van der Waals surface area contributed by atoms with Crippen molar-refractivity contribution in [1.82, 2.24) is 0 Å². The van der Waals surface area contributed by atoms with Crippen LogP contribution in [0.5, 0.6) is 0 Å². The van der Waals surface area contributed by atoms with Crippen LogP contribution in [0.25, 0.3) is 0 Å². The van der Waals surface area contributed by atoms with Gasteiger partial charge in [0.1, 0.15) is 0 Å². The standard InChI is InChI=1S/C10H30O5Si5.C4H8OSi/c1-16(2)11-17(3,4)13-19(7,8)15-20(9,10)14-18(5,6)12-16;1-2-4-6-5-3-1/h1-10H3;1-4H2. The van der Waals surface area contributed by atoms with Gasteiger partial charge in [0.15, 0.2) is 0 Å². The van der Waals surface area contributed by atoms with Gasteiger partial charge >= 0.3 is 42.8 Å². The Labute approximate surface area is 168 Å². The highest BCUT2D eigenvalue weighted by Gasteiger charge is 2.50. The van der Waals surface area contributed by atoms with Crippen molar-refractivity contribution >= 4 is 52.6 Å². The fourth-order valence-electron chi connectivity index (χ4n) is 3.58. The summed E-state index contributed by atoms with van der Waals surface area (Å²) in [6.07, 6.45) is 2.67. The Morgan fingerprint density at radius 2 is 0.808 bits per heavy atom. The van der Waals surface area contributed by atoms with Gasteiger partial charge in [-0.15, -0.1) is 0 Å². The maximum atomic E-state index is 6.30. The van der Waals surface area contributed by atoms with Crippen molar-refractivity contribution in [2.75, 3.05) is 6.61 Å². The Morgan fingerprint density at radius 3 is 0.923 bits per heavy atom. The second-order valence-electron chi connectivity index (χ2n) is 8.96. The molecule has 6 nitrogen and oxygen atoms in total. The molecular weight excluding hydrogens is 433 g/mol. The first-order chi connectivity index (χ1) is 11.5. The topological polar surface area (TPSA) is 55.4 Å².